The van der Waals surface area contributed by atoms with Gasteiger partial charge in [0.2, 0.25) is 0 Å². The van der Waals surface area contributed by atoms with Crippen molar-refractivity contribution in [1.29, 1.82) is 0 Å². The average molecular weight is 292 g/mol. The van der Waals surface area contributed by atoms with E-state index in [1.807, 2.05) is 27.7 Å². The first kappa shape index (κ1) is 16.6. The van der Waals surface area contributed by atoms with E-state index in [0.717, 1.165) is 0 Å². The standard InChI is InChI=1S/C14H20N4O3/c1-9(2)7-15-17-13(19)11-5-6-12(21-11)14(20)18-16-8-10(3)4/h5-10H,1-4H3,(H,17,19)(H,18,20). The Labute approximate surface area is 123 Å². The summed E-state index contributed by atoms with van der Waals surface area (Å²) in [5.41, 5.74) is 4.63. The van der Waals surface area contributed by atoms with Crippen LogP contribution in [0.4, 0.5) is 0 Å². The van der Waals surface area contributed by atoms with Gasteiger partial charge in [-0.15, -0.1) is 0 Å². The first-order valence-electron chi connectivity index (χ1n) is 6.67. The van der Waals surface area contributed by atoms with Crippen LogP contribution in [-0.4, -0.2) is 24.2 Å². The fourth-order valence-electron chi connectivity index (χ4n) is 1.18. The summed E-state index contributed by atoms with van der Waals surface area (Å²) < 4.78 is 5.15. The van der Waals surface area contributed by atoms with Gasteiger partial charge in [-0.2, -0.15) is 10.2 Å². The van der Waals surface area contributed by atoms with Crippen LogP contribution in [0.5, 0.6) is 0 Å². The van der Waals surface area contributed by atoms with Gasteiger partial charge in [0.1, 0.15) is 0 Å². The normalized spacial score (nSPS) is 11.7. The van der Waals surface area contributed by atoms with E-state index >= 15 is 0 Å². The predicted octanol–water partition coefficient (Wildman–Crippen LogP) is 2.02. The van der Waals surface area contributed by atoms with Crippen LogP contribution in [-0.2, 0) is 0 Å². The fourth-order valence-corrected chi connectivity index (χ4v) is 1.18. The molecule has 0 aromatic carbocycles. The summed E-state index contributed by atoms with van der Waals surface area (Å²) >= 11 is 0. The molecule has 1 rings (SSSR count). The summed E-state index contributed by atoms with van der Waals surface area (Å²) in [6, 6.07) is 2.81. The number of furan rings is 1. The third-order valence-electron chi connectivity index (χ3n) is 2.13. The number of nitrogens with one attached hydrogen (secondary N) is 2. The van der Waals surface area contributed by atoms with E-state index in [9.17, 15) is 9.59 Å². The quantitative estimate of drug-likeness (QED) is 0.620. The van der Waals surface area contributed by atoms with E-state index < -0.39 is 11.8 Å². The molecule has 2 amide bonds. The Morgan fingerprint density at radius 3 is 1.67 bits per heavy atom. The molecule has 21 heavy (non-hydrogen) atoms. The lowest BCUT2D eigenvalue weighted by Crippen LogP contribution is -2.18. The summed E-state index contributed by atoms with van der Waals surface area (Å²) in [5.74, 6) is -0.569. The molecule has 1 heterocycles. The number of hydrogen-bond donors (Lipinski definition) is 2. The second-order valence-corrected chi connectivity index (χ2v) is 5.09. The van der Waals surface area contributed by atoms with Gasteiger partial charge < -0.3 is 4.42 Å². The molecule has 0 fully saturated rings. The number of hydrazone groups is 2. The topological polar surface area (TPSA) is 96.1 Å². The Morgan fingerprint density at radius 2 is 1.33 bits per heavy atom. The van der Waals surface area contributed by atoms with Gasteiger partial charge >= 0.3 is 11.8 Å². The molecule has 0 aliphatic heterocycles. The number of rotatable bonds is 6. The van der Waals surface area contributed by atoms with Crippen LogP contribution in [0.3, 0.4) is 0 Å². The Balaban J connectivity index is 2.60. The SMILES string of the molecule is CC(C)C=NNC(=O)c1ccc(C(=O)NN=CC(C)C)o1. The highest BCUT2D eigenvalue weighted by Gasteiger charge is 2.15. The van der Waals surface area contributed by atoms with Crippen molar-refractivity contribution in [2.75, 3.05) is 0 Å². The zero-order valence-electron chi connectivity index (χ0n) is 12.6. The first-order valence-corrected chi connectivity index (χ1v) is 6.67. The molecule has 0 spiro atoms. The molecule has 0 unspecified atom stereocenters. The lowest BCUT2D eigenvalue weighted by Gasteiger charge is -1.98. The van der Waals surface area contributed by atoms with Gasteiger partial charge in [-0.1, -0.05) is 27.7 Å². The van der Waals surface area contributed by atoms with Crippen molar-refractivity contribution in [3.05, 3.63) is 23.7 Å². The summed E-state index contributed by atoms with van der Waals surface area (Å²) in [5, 5.41) is 7.52. The van der Waals surface area contributed by atoms with E-state index in [4.69, 9.17) is 4.42 Å². The van der Waals surface area contributed by atoms with Gasteiger partial charge in [-0.3, -0.25) is 9.59 Å². The van der Waals surface area contributed by atoms with Gasteiger partial charge in [0.15, 0.2) is 11.5 Å². The Bertz CT molecular complexity index is 498. The van der Waals surface area contributed by atoms with Gasteiger partial charge in [0.05, 0.1) is 0 Å². The maximum absolute atomic E-state index is 11.7. The molecule has 0 radical (unpaired) electrons. The highest BCUT2D eigenvalue weighted by Crippen LogP contribution is 2.07. The maximum Gasteiger partial charge on any atom is 0.307 e. The lowest BCUT2D eigenvalue weighted by atomic mass is 10.3. The van der Waals surface area contributed by atoms with Crippen molar-refractivity contribution < 1.29 is 14.0 Å². The molecular weight excluding hydrogens is 272 g/mol. The molecule has 7 nitrogen and oxygen atoms in total. The van der Waals surface area contributed by atoms with Crippen molar-refractivity contribution in [1.82, 2.24) is 10.9 Å². The van der Waals surface area contributed by atoms with Gasteiger partial charge in [0, 0.05) is 12.4 Å². The minimum Gasteiger partial charge on any atom is -0.446 e. The number of carbonyl (C=O) groups excluding carboxylic acids is 2. The molecule has 2 N–H and O–H groups in total. The first-order chi connectivity index (χ1) is 9.90. The second-order valence-electron chi connectivity index (χ2n) is 5.09. The molecule has 0 bridgehead atoms. The average Bonchev–Trinajstić information content (AvgIpc) is 2.87. The van der Waals surface area contributed by atoms with E-state index in [1.165, 1.54) is 12.1 Å². The summed E-state index contributed by atoms with van der Waals surface area (Å²) in [6.45, 7) is 7.73. The minimum atomic E-state index is -0.517. The van der Waals surface area contributed by atoms with Crippen LogP contribution in [0.25, 0.3) is 0 Å². The maximum atomic E-state index is 11.7. The molecule has 0 atom stereocenters. The van der Waals surface area contributed by atoms with E-state index in [2.05, 4.69) is 21.1 Å². The zero-order valence-corrected chi connectivity index (χ0v) is 12.6. The Hall–Kier alpha value is -2.44. The van der Waals surface area contributed by atoms with Crippen molar-refractivity contribution in [2.45, 2.75) is 27.7 Å². The number of nitrogens with zero attached hydrogens (tertiary/aromatic N) is 2. The summed E-state index contributed by atoms with van der Waals surface area (Å²) in [6.07, 6.45) is 3.18. The van der Waals surface area contributed by atoms with Gasteiger partial charge in [-0.05, 0) is 24.0 Å². The van der Waals surface area contributed by atoms with Crippen molar-refractivity contribution in [3.8, 4) is 0 Å². The largest absolute Gasteiger partial charge is 0.446 e. The van der Waals surface area contributed by atoms with Crippen molar-refractivity contribution in [3.63, 3.8) is 0 Å². The van der Waals surface area contributed by atoms with Gasteiger partial charge in [0.25, 0.3) is 0 Å². The molecule has 1 aromatic rings. The van der Waals surface area contributed by atoms with E-state index in [1.54, 1.807) is 12.4 Å². The third-order valence-corrected chi connectivity index (χ3v) is 2.13. The Morgan fingerprint density at radius 1 is 0.952 bits per heavy atom. The highest BCUT2D eigenvalue weighted by atomic mass is 16.4. The summed E-state index contributed by atoms with van der Waals surface area (Å²) in [4.78, 5) is 23.4. The monoisotopic (exact) mass is 292 g/mol. The van der Waals surface area contributed by atoms with E-state index in [-0.39, 0.29) is 23.4 Å². The van der Waals surface area contributed by atoms with Crippen LogP contribution < -0.4 is 10.9 Å². The van der Waals surface area contributed by atoms with Crippen LogP contribution in [0.15, 0.2) is 26.8 Å². The van der Waals surface area contributed by atoms with E-state index in [0.29, 0.717) is 0 Å². The molecule has 1 aromatic heterocycles. The highest BCUT2D eigenvalue weighted by molar-refractivity contribution is 5.95. The van der Waals surface area contributed by atoms with Crippen LogP contribution in [0, 0.1) is 11.8 Å². The molecule has 0 saturated heterocycles. The molecular formula is C14H20N4O3. The fraction of sp³-hybridized carbons (Fsp3) is 0.429. The number of amides is 2. The Kier molecular flexibility index (Phi) is 6.32. The van der Waals surface area contributed by atoms with Crippen molar-refractivity contribution in [2.24, 2.45) is 22.0 Å². The zero-order chi connectivity index (χ0) is 15.8. The summed E-state index contributed by atoms with van der Waals surface area (Å²) in [7, 11) is 0. The van der Waals surface area contributed by atoms with Crippen LogP contribution in [0.1, 0.15) is 48.8 Å². The molecule has 114 valence electrons. The van der Waals surface area contributed by atoms with Crippen LogP contribution >= 0.6 is 0 Å². The molecule has 0 aliphatic carbocycles. The predicted molar refractivity (Wildman–Crippen MR) is 80.3 cm³/mol. The third kappa shape index (κ3) is 6.03. The molecule has 0 saturated carbocycles. The second kappa shape index (κ2) is 7.98. The van der Waals surface area contributed by atoms with Crippen molar-refractivity contribution >= 4 is 24.2 Å². The van der Waals surface area contributed by atoms with Gasteiger partial charge in [-0.25, -0.2) is 10.9 Å². The smallest absolute Gasteiger partial charge is 0.307 e. The lowest BCUT2D eigenvalue weighted by molar-refractivity contribution is 0.0902. The molecule has 7 heteroatoms. The molecule has 0 aliphatic rings. The number of hydrogen-bond acceptors (Lipinski definition) is 5. The number of carbonyl (C=O) groups is 2. The minimum absolute atomic E-state index is 0.00824. The van der Waals surface area contributed by atoms with Crippen LogP contribution in [0.2, 0.25) is 0 Å².